The molecule has 1 N–H and O–H groups in total. The van der Waals surface area contributed by atoms with Gasteiger partial charge in [-0.15, -0.1) is 0 Å². The molecule has 2 amide bonds. The third-order valence-corrected chi connectivity index (χ3v) is 3.20. The quantitative estimate of drug-likeness (QED) is 0.717. The van der Waals surface area contributed by atoms with E-state index < -0.39 is 0 Å². The van der Waals surface area contributed by atoms with Crippen molar-refractivity contribution in [2.24, 2.45) is 11.8 Å². The summed E-state index contributed by atoms with van der Waals surface area (Å²) in [5, 5.41) is 8.88. The van der Waals surface area contributed by atoms with Crippen molar-refractivity contribution in [3.05, 3.63) is 0 Å². The number of piperidine rings is 1. The molecule has 92 valence electrons. The van der Waals surface area contributed by atoms with Gasteiger partial charge in [0.2, 0.25) is 11.8 Å². The number of aliphatic hydroxyl groups is 1. The molecule has 1 saturated heterocycles. The maximum atomic E-state index is 11.7. The Balaban J connectivity index is 2.57. The highest BCUT2D eigenvalue weighted by atomic mass is 16.3. The molecule has 0 radical (unpaired) electrons. The molecule has 4 nitrogen and oxygen atoms in total. The van der Waals surface area contributed by atoms with Gasteiger partial charge in [-0.25, -0.2) is 0 Å². The number of nitrogens with zero attached hydrogens (tertiary/aromatic N) is 1. The maximum absolute atomic E-state index is 11.7. The van der Waals surface area contributed by atoms with Gasteiger partial charge in [-0.05, 0) is 18.3 Å². The molecule has 4 heteroatoms. The van der Waals surface area contributed by atoms with Gasteiger partial charge in [0.05, 0.1) is 0 Å². The van der Waals surface area contributed by atoms with Crippen molar-refractivity contribution in [3.63, 3.8) is 0 Å². The number of imide groups is 1. The number of amides is 2. The molecule has 1 atom stereocenters. The minimum absolute atomic E-state index is 0.0554. The van der Waals surface area contributed by atoms with Gasteiger partial charge in [-0.3, -0.25) is 14.5 Å². The van der Waals surface area contributed by atoms with Gasteiger partial charge in [-0.2, -0.15) is 0 Å². The fourth-order valence-electron chi connectivity index (χ4n) is 2.10. The van der Waals surface area contributed by atoms with Gasteiger partial charge in [-0.1, -0.05) is 20.3 Å². The van der Waals surface area contributed by atoms with Crippen LogP contribution < -0.4 is 0 Å². The number of hydrogen-bond acceptors (Lipinski definition) is 3. The van der Waals surface area contributed by atoms with Crippen LogP contribution in [0.25, 0.3) is 0 Å². The third kappa shape index (κ3) is 3.30. The number of aliphatic hydroxyl groups excluding tert-OH is 1. The normalized spacial score (nSPS) is 20.3. The van der Waals surface area contributed by atoms with Gasteiger partial charge >= 0.3 is 0 Å². The zero-order valence-electron chi connectivity index (χ0n) is 10.1. The Morgan fingerprint density at radius 1 is 1.38 bits per heavy atom. The van der Waals surface area contributed by atoms with Crippen molar-refractivity contribution in [3.8, 4) is 0 Å². The number of rotatable bonds is 5. The van der Waals surface area contributed by atoms with Crippen LogP contribution in [0.1, 0.15) is 39.5 Å². The molecule has 0 aromatic rings. The van der Waals surface area contributed by atoms with Crippen LogP contribution in [0.4, 0.5) is 0 Å². The van der Waals surface area contributed by atoms with E-state index in [9.17, 15) is 9.59 Å². The maximum Gasteiger partial charge on any atom is 0.229 e. The summed E-state index contributed by atoms with van der Waals surface area (Å²) in [7, 11) is 0. The van der Waals surface area contributed by atoms with Crippen LogP contribution in [-0.4, -0.2) is 35.0 Å². The first-order valence-corrected chi connectivity index (χ1v) is 6.02. The minimum atomic E-state index is -0.0554. The molecule has 1 fully saturated rings. The standard InChI is InChI=1S/C12H21NO3/c1-3-10(4-5-14)8-13-11(15)6-9(2)7-12(13)16/h9-10,14H,3-8H2,1-2H3. The summed E-state index contributed by atoms with van der Waals surface area (Å²) in [6.45, 7) is 4.53. The second-order valence-electron chi connectivity index (χ2n) is 4.70. The van der Waals surface area contributed by atoms with E-state index in [1.807, 2.05) is 13.8 Å². The van der Waals surface area contributed by atoms with E-state index in [-0.39, 0.29) is 30.3 Å². The molecule has 16 heavy (non-hydrogen) atoms. The van der Waals surface area contributed by atoms with Crippen LogP contribution in [-0.2, 0) is 9.59 Å². The number of likely N-dealkylation sites (tertiary alicyclic amines) is 1. The smallest absolute Gasteiger partial charge is 0.229 e. The average molecular weight is 227 g/mol. The number of hydrogen-bond donors (Lipinski definition) is 1. The zero-order chi connectivity index (χ0) is 12.1. The minimum Gasteiger partial charge on any atom is -0.396 e. The summed E-state index contributed by atoms with van der Waals surface area (Å²) in [5.74, 6) is 0.292. The van der Waals surface area contributed by atoms with E-state index in [0.29, 0.717) is 25.8 Å². The molecule has 1 heterocycles. The van der Waals surface area contributed by atoms with Gasteiger partial charge in [0.1, 0.15) is 0 Å². The molecule has 0 aromatic heterocycles. The Morgan fingerprint density at radius 3 is 2.38 bits per heavy atom. The first kappa shape index (κ1) is 13.2. The molecule has 1 rings (SSSR count). The van der Waals surface area contributed by atoms with Crippen molar-refractivity contribution in [1.82, 2.24) is 4.90 Å². The SMILES string of the molecule is CCC(CCO)CN1C(=O)CC(C)CC1=O. The van der Waals surface area contributed by atoms with Crippen LogP contribution >= 0.6 is 0 Å². The largest absolute Gasteiger partial charge is 0.396 e. The van der Waals surface area contributed by atoms with Crippen molar-refractivity contribution in [1.29, 1.82) is 0 Å². The molecule has 1 aliphatic rings. The second kappa shape index (κ2) is 5.99. The molecule has 0 aliphatic carbocycles. The summed E-state index contributed by atoms with van der Waals surface area (Å²) in [6.07, 6.45) is 2.49. The van der Waals surface area contributed by atoms with E-state index >= 15 is 0 Å². The summed E-state index contributed by atoms with van der Waals surface area (Å²) in [4.78, 5) is 24.8. The highest BCUT2D eigenvalue weighted by molar-refractivity contribution is 5.97. The van der Waals surface area contributed by atoms with E-state index in [4.69, 9.17) is 5.11 Å². The van der Waals surface area contributed by atoms with Crippen LogP contribution in [0, 0.1) is 11.8 Å². The predicted molar refractivity (Wildman–Crippen MR) is 60.6 cm³/mol. The summed E-state index contributed by atoms with van der Waals surface area (Å²) in [5.41, 5.74) is 0. The van der Waals surface area contributed by atoms with Gasteiger partial charge in [0.25, 0.3) is 0 Å². The lowest BCUT2D eigenvalue weighted by Crippen LogP contribution is -2.45. The average Bonchev–Trinajstić information content (AvgIpc) is 2.21. The van der Waals surface area contributed by atoms with Crippen LogP contribution in [0.2, 0.25) is 0 Å². The Labute approximate surface area is 96.6 Å². The van der Waals surface area contributed by atoms with Crippen molar-refractivity contribution in [2.75, 3.05) is 13.2 Å². The van der Waals surface area contributed by atoms with Gasteiger partial charge < -0.3 is 5.11 Å². The summed E-state index contributed by atoms with van der Waals surface area (Å²) in [6, 6.07) is 0. The second-order valence-corrected chi connectivity index (χ2v) is 4.70. The van der Waals surface area contributed by atoms with Crippen LogP contribution in [0.15, 0.2) is 0 Å². The summed E-state index contributed by atoms with van der Waals surface area (Å²) < 4.78 is 0. The van der Waals surface area contributed by atoms with Gasteiger partial charge in [0.15, 0.2) is 0 Å². The first-order chi connectivity index (χ1) is 7.58. The van der Waals surface area contributed by atoms with E-state index in [1.54, 1.807) is 0 Å². The molecule has 0 spiro atoms. The Bertz CT molecular complexity index is 247. The topological polar surface area (TPSA) is 57.6 Å². The molecular formula is C12H21NO3. The molecule has 0 aromatic carbocycles. The van der Waals surface area contributed by atoms with E-state index in [2.05, 4.69) is 0 Å². The predicted octanol–water partition coefficient (Wildman–Crippen LogP) is 1.18. The van der Waals surface area contributed by atoms with Crippen LogP contribution in [0.3, 0.4) is 0 Å². The first-order valence-electron chi connectivity index (χ1n) is 6.02. The summed E-state index contributed by atoms with van der Waals surface area (Å²) >= 11 is 0. The molecule has 1 unspecified atom stereocenters. The monoisotopic (exact) mass is 227 g/mol. The fourth-order valence-corrected chi connectivity index (χ4v) is 2.10. The number of carbonyl (C=O) groups is 2. The van der Waals surface area contributed by atoms with Crippen molar-refractivity contribution < 1.29 is 14.7 Å². The lowest BCUT2D eigenvalue weighted by atomic mass is 9.95. The van der Waals surface area contributed by atoms with E-state index in [0.717, 1.165) is 6.42 Å². The fraction of sp³-hybridized carbons (Fsp3) is 0.833. The van der Waals surface area contributed by atoms with Crippen molar-refractivity contribution >= 4 is 11.8 Å². The Morgan fingerprint density at radius 2 is 1.94 bits per heavy atom. The highest BCUT2D eigenvalue weighted by Crippen LogP contribution is 2.21. The molecular weight excluding hydrogens is 206 g/mol. The molecule has 1 aliphatic heterocycles. The van der Waals surface area contributed by atoms with Crippen molar-refractivity contribution in [2.45, 2.75) is 39.5 Å². The van der Waals surface area contributed by atoms with E-state index in [1.165, 1.54) is 4.90 Å². The highest BCUT2D eigenvalue weighted by Gasteiger charge is 2.31. The molecule has 0 bridgehead atoms. The van der Waals surface area contributed by atoms with Gasteiger partial charge in [0, 0.05) is 26.0 Å². The van der Waals surface area contributed by atoms with Crippen LogP contribution in [0.5, 0.6) is 0 Å². The number of carbonyl (C=O) groups excluding carboxylic acids is 2. The Kier molecular flexibility index (Phi) is 4.93. The lowest BCUT2D eigenvalue weighted by Gasteiger charge is -2.31. The third-order valence-electron chi connectivity index (χ3n) is 3.20. The Hall–Kier alpha value is -0.900. The lowest BCUT2D eigenvalue weighted by molar-refractivity contribution is -0.150. The zero-order valence-corrected chi connectivity index (χ0v) is 10.1. The molecule has 0 saturated carbocycles.